The van der Waals surface area contributed by atoms with Crippen molar-refractivity contribution in [2.24, 2.45) is 0 Å². The third kappa shape index (κ3) is 3.41. The minimum Gasteiger partial charge on any atom is -0.497 e. The van der Waals surface area contributed by atoms with Crippen molar-refractivity contribution in [2.45, 2.75) is 58.3 Å². The quantitative estimate of drug-likeness (QED) is 0.389. The molecule has 6 rings (SSSR count). The summed E-state index contributed by atoms with van der Waals surface area (Å²) in [6.07, 6.45) is 7.43. The molecular formula is C23H25N7O3. The Balaban J connectivity index is 1.47. The third-order valence-electron chi connectivity index (χ3n) is 6.44. The van der Waals surface area contributed by atoms with Gasteiger partial charge < -0.3 is 18.6 Å². The van der Waals surface area contributed by atoms with Gasteiger partial charge in [-0.2, -0.15) is 4.98 Å². The smallest absolute Gasteiger partial charge is 0.226 e. The van der Waals surface area contributed by atoms with Crippen molar-refractivity contribution in [3.8, 4) is 34.3 Å². The van der Waals surface area contributed by atoms with E-state index < -0.39 is 0 Å². The van der Waals surface area contributed by atoms with Gasteiger partial charge in [0.05, 0.1) is 31.1 Å². The number of rotatable bonds is 6. The minimum atomic E-state index is 0.295. The molecule has 10 nitrogen and oxygen atoms in total. The molecule has 0 bridgehead atoms. The summed E-state index contributed by atoms with van der Waals surface area (Å²) in [6, 6.07) is 5.92. The second-order valence-electron chi connectivity index (χ2n) is 8.40. The summed E-state index contributed by atoms with van der Waals surface area (Å²) >= 11 is 0. The first-order chi connectivity index (χ1) is 16.2. The van der Waals surface area contributed by atoms with Gasteiger partial charge in [-0.1, -0.05) is 24.9 Å². The second-order valence-corrected chi connectivity index (χ2v) is 8.40. The van der Waals surface area contributed by atoms with Crippen molar-refractivity contribution in [2.75, 3.05) is 7.11 Å². The molecule has 0 unspecified atom stereocenters. The first-order valence-corrected chi connectivity index (χ1v) is 11.4. The van der Waals surface area contributed by atoms with E-state index in [-0.39, 0.29) is 0 Å². The lowest BCUT2D eigenvalue weighted by Gasteiger charge is -2.12. The Labute approximate surface area is 190 Å². The van der Waals surface area contributed by atoms with Crippen LogP contribution in [0.1, 0.15) is 50.0 Å². The maximum Gasteiger partial charge on any atom is 0.226 e. The molecule has 10 heteroatoms. The molecule has 170 valence electrons. The zero-order valence-corrected chi connectivity index (χ0v) is 18.7. The topological polar surface area (TPSA) is 106 Å². The van der Waals surface area contributed by atoms with E-state index in [1.807, 2.05) is 25.1 Å². The maximum atomic E-state index is 6.18. The van der Waals surface area contributed by atoms with E-state index in [0.717, 1.165) is 47.2 Å². The van der Waals surface area contributed by atoms with Crippen LogP contribution in [0.5, 0.6) is 5.75 Å². The van der Waals surface area contributed by atoms with E-state index in [9.17, 15) is 0 Å². The van der Waals surface area contributed by atoms with Crippen molar-refractivity contribution in [1.82, 2.24) is 34.5 Å². The van der Waals surface area contributed by atoms with Crippen molar-refractivity contribution in [1.29, 1.82) is 0 Å². The van der Waals surface area contributed by atoms with E-state index >= 15 is 0 Å². The van der Waals surface area contributed by atoms with Gasteiger partial charge in [0.1, 0.15) is 24.4 Å². The molecule has 0 spiro atoms. The number of nitrogens with zero attached hydrogens (tertiary/aromatic N) is 7. The molecule has 0 radical (unpaired) electrons. The highest BCUT2D eigenvalue weighted by atomic mass is 16.5. The molecule has 33 heavy (non-hydrogen) atoms. The summed E-state index contributed by atoms with van der Waals surface area (Å²) in [5.41, 5.74) is 3.48. The van der Waals surface area contributed by atoms with E-state index in [4.69, 9.17) is 14.0 Å². The van der Waals surface area contributed by atoms with Crippen LogP contribution in [-0.2, 0) is 24.3 Å². The van der Waals surface area contributed by atoms with Gasteiger partial charge in [0.2, 0.25) is 11.7 Å². The van der Waals surface area contributed by atoms with E-state index in [1.54, 1.807) is 13.4 Å². The molecule has 0 saturated heterocycles. The fourth-order valence-corrected chi connectivity index (χ4v) is 4.65. The SMILES string of the molecule is CCc1nc(-c2ncn3c2Cn2c(COC4CCCC4)nnc2-c2cc(OC)ccc2-3)no1. The Hall–Kier alpha value is -3.53. The van der Waals surface area contributed by atoms with Gasteiger partial charge in [0, 0.05) is 12.0 Å². The van der Waals surface area contributed by atoms with Gasteiger partial charge in [-0.3, -0.25) is 4.57 Å². The van der Waals surface area contributed by atoms with Gasteiger partial charge in [0.25, 0.3) is 0 Å². The van der Waals surface area contributed by atoms with E-state index in [1.165, 1.54) is 12.8 Å². The van der Waals surface area contributed by atoms with Crippen LogP contribution in [0, 0.1) is 0 Å². The predicted molar refractivity (Wildman–Crippen MR) is 118 cm³/mol. The fourth-order valence-electron chi connectivity index (χ4n) is 4.65. The monoisotopic (exact) mass is 447 g/mol. The molecule has 0 amide bonds. The molecule has 1 aliphatic heterocycles. The Morgan fingerprint density at radius 2 is 2.06 bits per heavy atom. The van der Waals surface area contributed by atoms with Gasteiger partial charge in [-0.15, -0.1) is 10.2 Å². The summed E-state index contributed by atoms with van der Waals surface area (Å²) in [5.74, 6) is 3.37. The average molecular weight is 447 g/mol. The first kappa shape index (κ1) is 20.1. The summed E-state index contributed by atoms with van der Waals surface area (Å²) in [6.45, 7) is 2.91. The third-order valence-corrected chi connectivity index (χ3v) is 6.44. The number of imidazole rings is 1. The molecule has 1 aliphatic carbocycles. The van der Waals surface area contributed by atoms with Crippen LogP contribution in [0.4, 0.5) is 0 Å². The van der Waals surface area contributed by atoms with Crippen LogP contribution in [0.3, 0.4) is 0 Å². The molecule has 4 aromatic rings. The number of aryl methyl sites for hydroxylation is 1. The van der Waals surface area contributed by atoms with Gasteiger partial charge in [-0.05, 0) is 31.0 Å². The molecular weight excluding hydrogens is 422 g/mol. The molecule has 1 fully saturated rings. The lowest BCUT2D eigenvalue weighted by molar-refractivity contribution is 0.0401. The lowest BCUT2D eigenvalue weighted by Crippen LogP contribution is -2.13. The summed E-state index contributed by atoms with van der Waals surface area (Å²) in [7, 11) is 1.66. The number of aromatic nitrogens is 7. The summed E-state index contributed by atoms with van der Waals surface area (Å²) in [5, 5.41) is 13.2. The van der Waals surface area contributed by atoms with Crippen LogP contribution in [-0.4, -0.2) is 47.7 Å². The highest BCUT2D eigenvalue weighted by Crippen LogP contribution is 2.36. The summed E-state index contributed by atoms with van der Waals surface area (Å²) < 4.78 is 21.2. The van der Waals surface area contributed by atoms with Crippen LogP contribution in [0.2, 0.25) is 0 Å². The van der Waals surface area contributed by atoms with Crippen molar-refractivity contribution >= 4 is 0 Å². The molecule has 0 atom stereocenters. The van der Waals surface area contributed by atoms with E-state index in [2.05, 4.69) is 34.5 Å². The highest BCUT2D eigenvalue weighted by molar-refractivity contribution is 5.72. The second kappa shape index (κ2) is 8.11. The molecule has 1 saturated carbocycles. The van der Waals surface area contributed by atoms with E-state index in [0.29, 0.717) is 43.1 Å². The number of hydrogen-bond acceptors (Lipinski definition) is 8. The number of fused-ring (bicyclic) bond motifs is 5. The number of methoxy groups -OCH3 is 1. The lowest BCUT2D eigenvalue weighted by atomic mass is 10.1. The Kier molecular flexibility index (Phi) is 4.94. The van der Waals surface area contributed by atoms with Crippen LogP contribution < -0.4 is 4.74 Å². The maximum absolute atomic E-state index is 6.18. The standard InChI is InChI=1S/C23H25N7O3/c1-3-20-25-22(28-33-20)21-18-11-29-19(12-32-14-6-4-5-7-14)26-27-23(29)16-10-15(31-2)8-9-17(16)30(18)13-24-21/h8-10,13-14H,3-7,11-12H2,1-2H3. The minimum absolute atomic E-state index is 0.295. The van der Waals surface area contributed by atoms with Crippen LogP contribution >= 0.6 is 0 Å². The van der Waals surface area contributed by atoms with Gasteiger partial charge in [0.15, 0.2) is 11.6 Å². The Morgan fingerprint density at radius 1 is 1.18 bits per heavy atom. The molecule has 3 aromatic heterocycles. The summed E-state index contributed by atoms with van der Waals surface area (Å²) in [4.78, 5) is 9.17. The molecule has 2 aliphatic rings. The van der Waals surface area contributed by atoms with Crippen molar-refractivity contribution < 1.29 is 14.0 Å². The number of benzene rings is 1. The van der Waals surface area contributed by atoms with Crippen LogP contribution in [0.25, 0.3) is 28.6 Å². The normalized spacial score (nSPS) is 15.2. The molecule has 4 heterocycles. The Bertz CT molecular complexity index is 1300. The Morgan fingerprint density at radius 3 is 2.85 bits per heavy atom. The highest BCUT2D eigenvalue weighted by Gasteiger charge is 2.28. The first-order valence-electron chi connectivity index (χ1n) is 11.4. The average Bonchev–Trinajstić information content (AvgIpc) is 3.63. The fraction of sp³-hybridized carbons (Fsp3) is 0.435. The van der Waals surface area contributed by atoms with Crippen molar-refractivity contribution in [3.63, 3.8) is 0 Å². The largest absolute Gasteiger partial charge is 0.497 e. The van der Waals surface area contributed by atoms with Crippen molar-refractivity contribution in [3.05, 3.63) is 41.9 Å². The zero-order chi connectivity index (χ0) is 22.4. The predicted octanol–water partition coefficient (Wildman–Crippen LogP) is 3.57. The molecule has 0 N–H and O–H groups in total. The number of hydrogen-bond donors (Lipinski definition) is 0. The zero-order valence-electron chi connectivity index (χ0n) is 18.7. The number of ether oxygens (including phenoxy) is 2. The van der Waals surface area contributed by atoms with Gasteiger partial charge in [-0.25, -0.2) is 4.98 Å². The van der Waals surface area contributed by atoms with Crippen LogP contribution in [0.15, 0.2) is 29.0 Å². The van der Waals surface area contributed by atoms with Gasteiger partial charge >= 0.3 is 0 Å². The molecule has 1 aromatic carbocycles.